The van der Waals surface area contributed by atoms with E-state index in [2.05, 4.69) is 10.2 Å². The number of benzene rings is 2. The number of hydrogen-bond donors (Lipinski definition) is 0. The second kappa shape index (κ2) is 6.45. The molecule has 2 aromatic rings. The fourth-order valence-corrected chi connectivity index (χ4v) is 1.75. The summed E-state index contributed by atoms with van der Waals surface area (Å²) in [6, 6.07) is 13.2. The molecule has 0 fully saturated rings. The number of nitro groups is 1. The summed E-state index contributed by atoms with van der Waals surface area (Å²) in [6.07, 6.45) is 0. The molecule has 0 saturated carbocycles. The van der Waals surface area contributed by atoms with Crippen molar-refractivity contribution < 1.29 is 4.92 Å². The molecule has 0 saturated heterocycles. The zero-order chi connectivity index (χ0) is 16.1. The Labute approximate surface area is 127 Å². The lowest BCUT2D eigenvalue weighted by molar-refractivity contribution is -0.384. The second-order valence-corrected chi connectivity index (χ2v) is 4.68. The SMILES string of the molecule is CN(C)c1ccc(N=Nc2ccc(C#N)cc2[N+](=O)[O-])cc1. The lowest BCUT2D eigenvalue weighted by atomic mass is 10.2. The lowest BCUT2D eigenvalue weighted by Gasteiger charge is -2.11. The van der Waals surface area contributed by atoms with E-state index < -0.39 is 4.92 Å². The molecule has 2 rings (SSSR count). The molecule has 0 amide bonds. The van der Waals surface area contributed by atoms with E-state index in [1.807, 2.05) is 37.2 Å². The van der Waals surface area contributed by atoms with Gasteiger partial charge < -0.3 is 4.90 Å². The molecule has 0 atom stereocenters. The average molecular weight is 295 g/mol. The minimum absolute atomic E-state index is 0.112. The van der Waals surface area contributed by atoms with Crippen molar-refractivity contribution in [2.75, 3.05) is 19.0 Å². The minimum Gasteiger partial charge on any atom is -0.378 e. The van der Waals surface area contributed by atoms with Gasteiger partial charge in [-0.2, -0.15) is 10.4 Å². The fourth-order valence-electron chi connectivity index (χ4n) is 1.75. The largest absolute Gasteiger partial charge is 0.378 e. The number of rotatable bonds is 4. The second-order valence-electron chi connectivity index (χ2n) is 4.68. The standard InChI is InChI=1S/C15H13N5O2/c1-19(2)13-6-4-12(5-7-13)17-18-14-8-3-11(10-16)9-15(14)20(21)22/h3-9H,1-2H3. The summed E-state index contributed by atoms with van der Waals surface area (Å²) in [5.74, 6) is 0. The number of nitro benzene ring substituents is 1. The predicted molar refractivity (Wildman–Crippen MR) is 82.8 cm³/mol. The Morgan fingerprint density at radius 2 is 1.82 bits per heavy atom. The van der Waals surface area contributed by atoms with Crippen molar-refractivity contribution in [3.8, 4) is 6.07 Å². The predicted octanol–water partition coefficient (Wildman–Crippen LogP) is 3.95. The van der Waals surface area contributed by atoms with Crippen molar-refractivity contribution in [1.82, 2.24) is 0 Å². The monoisotopic (exact) mass is 295 g/mol. The van der Waals surface area contributed by atoms with Gasteiger partial charge in [-0.3, -0.25) is 10.1 Å². The van der Waals surface area contributed by atoms with Crippen LogP contribution in [0.1, 0.15) is 5.56 Å². The smallest absolute Gasteiger partial charge is 0.298 e. The maximum absolute atomic E-state index is 11.0. The summed E-state index contributed by atoms with van der Waals surface area (Å²) >= 11 is 0. The fraction of sp³-hybridized carbons (Fsp3) is 0.133. The summed E-state index contributed by atoms with van der Waals surface area (Å²) in [6.45, 7) is 0. The van der Waals surface area contributed by atoms with E-state index in [0.717, 1.165) is 5.69 Å². The van der Waals surface area contributed by atoms with Crippen LogP contribution < -0.4 is 4.90 Å². The van der Waals surface area contributed by atoms with Crippen molar-refractivity contribution in [3.05, 3.63) is 58.1 Å². The van der Waals surface area contributed by atoms with Gasteiger partial charge in [0.05, 0.1) is 22.2 Å². The van der Waals surface area contributed by atoms with Gasteiger partial charge >= 0.3 is 0 Å². The quantitative estimate of drug-likeness (QED) is 0.484. The van der Waals surface area contributed by atoms with Crippen LogP contribution >= 0.6 is 0 Å². The summed E-state index contributed by atoms with van der Waals surface area (Å²) in [5.41, 5.74) is 1.68. The van der Waals surface area contributed by atoms with E-state index in [0.29, 0.717) is 5.69 Å². The van der Waals surface area contributed by atoms with Crippen LogP contribution in [0.4, 0.5) is 22.7 Å². The molecule has 0 spiro atoms. The van der Waals surface area contributed by atoms with Crippen molar-refractivity contribution in [1.29, 1.82) is 5.26 Å². The van der Waals surface area contributed by atoms with Crippen LogP contribution in [0, 0.1) is 21.4 Å². The van der Waals surface area contributed by atoms with E-state index in [1.165, 1.54) is 18.2 Å². The van der Waals surface area contributed by atoms with Gasteiger partial charge in [0.2, 0.25) is 0 Å². The molecule has 7 nitrogen and oxygen atoms in total. The van der Waals surface area contributed by atoms with Gasteiger partial charge in [-0.05, 0) is 36.4 Å². The molecule has 2 aromatic carbocycles. The van der Waals surface area contributed by atoms with Crippen LogP contribution in [-0.4, -0.2) is 19.0 Å². The van der Waals surface area contributed by atoms with Gasteiger partial charge in [-0.1, -0.05) is 0 Å². The highest BCUT2D eigenvalue weighted by Gasteiger charge is 2.14. The molecule has 0 radical (unpaired) electrons. The third kappa shape index (κ3) is 3.43. The molecule has 7 heteroatoms. The molecular formula is C15H13N5O2. The molecule has 0 aliphatic rings. The Morgan fingerprint density at radius 3 is 2.36 bits per heavy atom. The summed E-state index contributed by atoms with van der Waals surface area (Å²) in [5, 5.41) is 27.7. The Morgan fingerprint density at radius 1 is 1.14 bits per heavy atom. The zero-order valence-corrected chi connectivity index (χ0v) is 12.1. The van der Waals surface area contributed by atoms with E-state index in [9.17, 15) is 10.1 Å². The van der Waals surface area contributed by atoms with Crippen molar-refractivity contribution >= 4 is 22.7 Å². The highest BCUT2D eigenvalue weighted by Crippen LogP contribution is 2.30. The van der Waals surface area contributed by atoms with E-state index in [-0.39, 0.29) is 16.9 Å². The first-order valence-corrected chi connectivity index (χ1v) is 6.39. The Hall–Kier alpha value is -3.27. The van der Waals surface area contributed by atoms with Crippen molar-refractivity contribution in [2.45, 2.75) is 0 Å². The molecule has 0 aliphatic heterocycles. The normalized spacial score (nSPS) is 10.4. The van der Waals surface area contributed by atoms with Gasteiger partial charge in [0.1, 0.15) is 0 Å². The first kappa shape index (κ1) is 15.1. The maximum atomic E-state index is 11.0. The van der Waals surface area contributed by atoms with Crippen LogP contribution in [-0.2, 0) is 0 Å². The van der Waals surface area contributed by atoms with E-state index in [1.54, 1.807) is 12.1 Å². The Kier molecular flexibility index (Phi) is 4.44. The highest BCUT2D eigenvalue weighted by atomic mass is 16.6. The van der Waals surface area contributed by atoms with Crippen LogP contribution in [0.3, 0.4) is 0 Å². The molecule has 0 bridgehead atoms. The molecule has 0 heterocycles. The summed E-state index contributed by atoms with van der Waals surface area (Å²) < 4.78 is 0. The van der Waals surface area contributed by atoms with Gasteiger partial charge in [-0.15, -0.1) is 5.11 Å². The number of nitriles is 1. The van der Waals surface area contributed by atoms with Crippen molar-refractivity contribution in [3.63, 3.8) is 0 Å². The van der Waals surface area contributed by atoms with Gasteiger partial charge in [0, 0.05) is 25.8 Å². The minimum atomic E-state index is -0.579. The summed E-state index contributed by atoms with van der Waals surface area (Å²) in [4.78, 5) is 12.4. The number of hydrogen-bond acceptors (Lipinski definition) is 6. The van der Waals surface area contributed by atoms with Gasteiger partial charge in [0.15, 0.2) is 5.69 Å². The molecule has 22 heavy (non-hydrogen) atoms. The highest BCUT2D eigenvalue weighted by molar-refractivity contribution is 5.60. The van der Waals surface area contributed by atoms with Crippen LogP contribution in [0.25, 0.3) is 0 Å². The Bertz CT molecular complexity index is 760. The first-order chi connectivity index (χ1) is 10.5. The van der Waals surface area contributed by atoms with Crippen molar-refractivity contribution in [2.24, 2.45) is 10.2 Å². The third-order valence-corrected chi connectivity index (χ3v) is 2.94. The maximum Gasteiger partial charge on any atom is 0.298 e. The molecular weight excluding hydrogens is 282 g/mol. The average Bonchev–Trinajstić information content (AvgIpc) is 2.53. The number of anilines is 1. The van der Waals surface area contributed by atoms with Crippen LogP contribution in [0.2, 0.25) is 0 Å². The molecule has 0 unspecified atom stereocenters. The van der Waals surface area contributed by atoms with Crippen LogP contribution in [0.5, 0.6) is 0 Å². The van der Waals surface area contributed by atoms with Gasteiger partial charge in [-0.25, -0.2) is 0 Å². The topological polar surface area (TPSA) is 94.9 Å². The zero-order valence-electron chi connectivity index (χ0n) is 12.1. The molecule has 0 aliphatic carbocycles. The Balaban J connectivity index is 2.30. The number of nitrogens with zero attached hydrogens (tertiary/aromatic N) is 5. The van der Waals surface area contributed by atoms with E-state index in [4.69, 9.17) is 5.26 Å². The third-order valence-electron chi connectivity index (χ3n) is 2.94. The number of azo groups is 1. The van der Waals surface area contributed by atoms with E-state index >= 15 is 0 Å². The summed E-state index contributed by atoms with van der Waals surface area (Å²) in [7, 11) is 3.85. The molecule has 110 valence electrons. The molecule has 0 aromatic heterocycles. The first-order valence-electron chi connectivity index (χ1n) is 6.39. The molecule has 0 N–H and O–H groups in total. The van der Waals surface area contributed by atoms with Gasteiger partial charge in [0.25, 0.3) is 5.69 Å². The lowest BCUT2D eigenvalue weighted by Crippen LogP contribution is -2.07. The van der Waals surface area contributed by atoms with Crippen LogP contribution in [0.15, 0.2) is 52.7 Å².